The zero-order chi connectivity index (χ0) is 12.7. The molecule has 0 unspecified atom stereocenters. The number of carbonyl (C=O) groups excluding carboxylic acids is 1. The predicted molar refractivity (Wildman–Crippen MR) is 71.1 cm³/mol. The van der Waals surface area contributed by atoms with Crippen molar-refractivity contribution >= 4 is 5.91 Å². The van der Waals surface area contributed by atoms with Crippen LogP contribution in [0.3, 0.4) is 0 Å². The number of hydrogen-bond donors (Lipinski definition) is 1. The molecule has 1 aliphatic rings. The molecule has 4 nitrogen and oxygen atoms in total. The number of likely N-dealkylation sites (N-methyl/N-ethyl adjacent to an activating group) is 1. The summed E-state index contributed by atoms with van der Waals surface area (Å²) < 4.78 is 0. The molecular formula is C13H27N3O. The summed E-state index contributed by atoms with van der Waals surface area (Å²) in [5.41, 5.74) is 0. The summed E-state index contributed by atoms with van der Waals surface area (Å²) in [7, 11) is 6.02. The molecule has 4 heteroatoms. The van der Waals surface area contributed by atoms with Gasteiger partial charge in [-0.2, -0.15) is 0 Å². The Bertz CT molecular complexity index is 225. The lowest BCUT2D eigenvalue weighted by atomic mass is 10.2. The van der Waals surface area contributed by atoms with Crippen LogP contribution in [0.1, 0.15) is 32.1 Å². The molecule has 1 saturated carbocycles. The SMILES string of the molecule is CN(C)CCCN(C)C(=O)CNC1CCCC1. The Morgan fingerprint density at radius 3 is 2.41 bits per heavy atom. The molecule has 0 aromatic rings. The normalized spacial score (nSPS) is 16.7. The third-order valence-electron chi connectivity index (χ3n) is 3.42. The van der Waals surface area contributed by atoms with Crippen molar-refractivity contribution in [3.8, 4) is 0 Å². The molecule has 1 fully saturated rings. The molecule has 0 radical (unpaired) electrons. The maximum absolute atomic E-state index is 11.8. The second kappa shape index (κ2) is 7.67. The van der Waals surface area contributed by atoms with E-state index in [-0.39, 0.29) is 5.91 Å². The van der Waals surface area contributed by atoms with Crippen LogP contribution in [0.5, 0.6) is 0 Å². The monoisotopic (exact) mass is 241 g/mol. The Hall–Kier alpha value is -0.610. The zero-order valence-corrected chi connectivity index (χ0v) is 11.5. The molecule has 0 spiro atoms. The van der Waals surface area contributed by atoms with E-state index in [4.69, 9.17) is 0 Å². The third-order valence-corrected chi connectivity index (χ3v) is 3.42. The number of nitrogens with zero attached hydrogens (tertiary/aromatic N) is 2. The van der Waals surface area contributed by atoms with Gasteiger partial charge in [0.15, 0.2) is 0 Å². The molecule has 100 valence electrons. The smallest absolute Gasteiger partial charge is 0.236 e. The highest BCUT2D eigenvalue weighted by atomic mass is 16.2. The summed E-state index contributed by atoms with van der Waals surface area (Å²) in [6.07, 6.45) is 6.13. The number of nitrogens with one attached hydrogen (secondary N) is 1. The molecule has 0 aromatic heterocycles. The minimum absolute atomic E-state index is 0.218. The minimum atomic E-state index is 0.218. The molecule has 1 N–H and O–H groups in total. The van der Waals surface area contributed by atoms with Gasteiger partial charge in [0, 0.05) is 19.6 Å². The summed E-state index contributed by atoms with van der Waals surface area (Å²) in [4.78, 5) is 15.8. The quantitative estimate of drug-likeness (QED) is 0.720. The lowest BCUT2D eigenvalue weighted by Gasteiger charge is -2.20. The Morgan fingerprint density at radius 2 is 1.82 bits per heavy atom. The van der Waals surface area contributed by atoms with Crippen molar-refractivity contribution in [3.05, 3.63) is 0 Å². The lowest BCUT2D eigenvalue weighted by Crippen LogP contribution is -2.39. The van der Waals surface area contributed by atoms with Crippen LogP contribution in [-0.4, -0.2) is 62.5 Å². The van der Waals surface area contributed by atoms with E-state index in [1.807, 2.05) is 11.9 Å². The van der Waals surface area contributed by atoms with Crippen molar-refractivity contribution in [1.29, 1.82) is 0 Å². The van der Waals surface area contributed by atoms with Gasteiger partial charge in [0.2, 0.25) is 5.91 Å². The van der Waals surface area contributed by atoms with E-state index < -0.39 is 0 Å². The number of hydrogen-bond acceptors (Lipinski definition) is 3. The van der Waals surface area contributed by atoms with Crippen molar-refractivity contribution in [2.24, 2.45) is 0 Å². The van der Waals surface area contributed by atoms with Crippen LogP contribution in [0.15, 0.2) is 0 Å². The Kier molecular flexibility index (Phi) is 6.52. The molecule has 0 heterocycles. The number of carbonyl (C=O) groups is 1. The van der Waals surface area contributed by atoms with Crippen molar-refractivity contribution in [2.45, 2.75) is 38.1 Å². The number of rotatable bonds is 7. The molecule has 0 aromatic carbocycles. The van der Waals surface area contributed by atoms with Crippen LogP contribution in [0.2, 0.25) is 0 Å². The van der Waals surface area contributed by atoms with Gasteiger partial charge in [0.25, 0.3) is 0 Å². The Labute approximate surface area is 105 Å². The molecule has 1 aliphatic carbocycles. The first kappa shape index (κ1) is 14.5. The van der Waals surface area contributed by atoms with E-state index in [0.29, 0.717) is 12.6 Å². The van der Waals surface area contributed by atoms with Gasteiger partial charge in [-0.15, -0.1) is 0 Å². The highest BCUT2D eigenvalue weighted by molar-refractivity contribution is 5.77. The number of amides is 1. The van der Waals surface area contributed by atoms with E-state index >= 15 is 0 Å². The highest BCUT2D eigenvalue weighted by Gasteiger charge is 2.16. The summed E-state index contributed by atoms with van der Waals surface area (Å²) in [6.45, 7) is 2.39. The van der Waals surface area contributed by atoms with Gasteiger partial charge < -0.3 is 15.1 Å². The van der Waals surface area contributed by atoms with Gasteiger partial charge in [-0.1, -0.05) is 12.8 Å². The van der Waals surface area contributed by atoms with Crippen LogP contribution < -0.4 is 5.32 Å². The molecular weight excluding hydrogens is 214 g/mol. The van der Waals surface area contributed by atoms with E-state index in [1.165, 1.54) is 25.7 Å². The van der Waals surface area contributed by atoms with E-state index in [9.17, 15) is 4.79 Å². The van der Waals surface area contributed by atoms with Crippen LogP contribution in [-0.2, 0) is 4.79 Å². The largest absolute Gasteiger partial charge is 0.345 e. The first-order chi connectivity index (χ1) is 8.09. The summed E-state index contributed by atoms with van der Waals surface area (Å²) in [5, 5.41) is 3.36. The molecule has 0 saturated heterocycles. The molecule has 1 amide bonds. The average molecular weight is 241 g/mol. The van der Waals surface area contributed by atoms with Crippen molar-refractivity contribution < 1.29 is 4.79 Å². The predicted octanol–water partition coefficient (Wildman–Crippen LogP) is 0.929. The van der Waals surface area contributed by atoms with E-state index in [1.54, 1.807) is 0 Å². The van der Waals surface area contributed by atoms with E-state index in [0.717, 1.165) is 19.5 Å². The van der Waals surface area contributed by atoms with Crippen molar-refractivity contribution in [2.75, 3.05) is 40.8 Å². The Morgan fingerprint density at radius 1 is 1.18 bits per heavy atom. The maximum Gasteiger partial charge on any atom is 0.236 e. The van der Waals surface area contributed by atoms with Crippen molar-refractivity contribution in [3.63, 3.8) is 0 Å². The van der Waals surface area contributed by atoms with E-state index in [2.05, 4.69) is 24.3 Å². The lowest BCUT2D eigenvalue weighted by molar-refractivity contribution is -0.129. The molecule has 17 heavy (non-hydrogen) atoms. The minimum Gasteiger partial charge on any atom is -0.345 e. The molecule has 0 aliphatic heterocycles. The highest BCUT2D eigenvalue weighted by Crippen LogP contribution is 2.17. The summed E-state index contributed by atoms with van der Waals surface area (Å²) in [6, 6.07) is 0.578. The maximum atomic E-state index is 11.8. The van der Waals surface area contributed by atoms with Crippen LogP contribution >= 0.6 is 0 Å². The van der Waals surface area contributed by atoms with Gasteiger partial charge in [0.05, 0.1) is 6.54 Å². The fourth-order valence-electron chi connectivity index (χ4n) is 2.25. The summed E-state index contributed by atoms with van der Waals surface area (Å²) in [5.74, 6) is 0.218. The first-order valence-corrected chi connectivity index (χ1v) is 6.71. The second-order valence-electron chi connectivity index (χ2n) is 5.33. The topological polar surface area (TPSA) is 35.6 Å². The van der Waals surface area contributed by atoms with Gasteiger partial charge in [0.1, 0.15) is 0 Å². The van der Waals surface area contributed by atoms with Gasteiger partial charge in [-0.05, 0) is 39.9 Å². The summed E-state index contributed by atoms with van der Waals surface area (Å²) >= 11 is 0. The fourth-order valence-corrected chi connectivity index (χ4v) is 2.25. The standard InChI is InChI=1S/C13H27N3O/c1-15(2)9-6-10-16(3)13(17)11-14-12-7-4-5-8-12/h12,14H,4-11H2,1-3H3. The van der Waals surface area contributed by atoms with Crippen LogP contribution in [0.25, 0.3) is 0 Å². The average Bonchev–Trinajstić information content (AvgIpc) is 2.78. The molecule has 0 bridgehead atoms. The van der Waals surface area contributed by atoms with Gasteiger partial charge in [-0.25, -0.2) is 0 Å². The molecule has 1 rings (SSSR count). The first-order valence-electron chi connectivity index (χ1n) is 6.71. The second-order valence-corrected chi connectivity index (χ2v) is 5.33. The van der Waals surface area contributed by atoms with Crippen molar-refractivity contribution in [1.82, 2.24) is 15.1 Å². The zero-order valence-electron chi connectivity index (χ0n) is 11.5. The van der Waals surface area contributed by atoms with Crippen LogP contribution in [0, 0.1) is 0 Å². The third kappa shape index (κ3) is 6.03. The van der Waals surface area contributed by atoms with Crippen LogP contribution in [0.4, 0.5) is 0 Å². The van der Waals surface area contributed by atoms with Gasteiger partial charge >= 0.3 is 0 Å². The van der Waals surface area contributed by atoms with Gasteiger partial charge in [-0.3, -0.25) is 4.79 Å². The Balaban J connectivity index is 2.08. The fraction of sp³-hybridized carbons (Fsp3) is 0.923. The molecule has 0 atom stereocenters.